The molecule has 132 valence electrons. The minimum absolute atomic E-state index is 0.110. The van der Waals surface area contributed by atoms with Gasteiger partial charge >= 0.3 is 5.63 Å². The number of nitrogens with one attached hydrogen (secondary N) is 1. The summed E-state index contributed by atoms with van der Waals surface area (Å²) in [7, 11) is 1.67. The smallest absolute Gasteiger partial charge is 0.349 e. The first-order chi connectivity index (χ1) is 12.1. The van der Waals surface area contributed by atoms with Crippen LogP contribution in [0.1, 0.15) is 46.0 Å². The zero-order valence-corrected chi connectivity index (χ0v) is 14.6. The lowest BCUT2D eigenvalue weighted by Gasteiger charge is -2.22. The lowest BCUT2D eigenvalue weighted by Crippen LogP contribution is -2.32. The summed E-state index contributed by atoms with van der Waals surface area (Å²) in [6.07, 6.45) is 5.44. The summed E-state index contributed by atoms with van der Waals surface area (Å²) < 4.78 is 5.49. The molecule has 0 aromatic carbocycles. The Hall–Kier alpha value is -2.47. The number of aromatic nitrogens is 1. The van der Waals surface area contributed by atoms with Gasteiger partial charge in [-0.2, -0.15) is 0 Å². The summed E-state index contributed by atoms with van der Waals surface area (Å²) in [6, 6.07) is 5.55. The van der Waals surface area contributed by atoms with Crippen LogP contribution in [0.25, 0.3) is 0 Å². The minimum atomic E-state index is -0.552. The summed E-state index contributed by atoms with van der Waals surface area (Å²) >= 11 is 0. The highest BCUT2D eigenvalue weighted by molar-refractivity contribution is 5.94. The van der Waals surface area contributed by atoms with Crippen molar-refractivity contribution in [3.05, 3.63) is 63.5 Å². The SMILES string of the molecule is Cc1cc(C2CCCNC2)oc(=O)c1C(=O)N(C)Cc1cccnc1. The highest BCUT2D eigenvalue weighted by Crippen LogP contribution is 2.24. The highest BCUT2D eigenvalue weighted by atomic mass is 16.4. The third-order valence-electron chi connectivity index (χ3n) is 4.57. The fraction of sp³-hybridized carbons (Fsp3) is 0.421. The van der Waals surface area contributed by atoms with Gasteiger partial charge in [0, 0.05) is 38.4 Å². The second-order valence-electron chi connectivity index (χ2n) is 6.56. The number of nitrogens with zero attached hydrogens (tertiary/aromatic N) is 2. The molecule has 0 bridgehead atoms. The van der Waals surface area contributed by atoms with Gasteiger partial charge in [0.05, 0.1) is 0 Å². The average molecular weight is 341 g/mol. The molecule has 1 saturated heterocycles. The molecule has 0 aliphatic carbocycles. The van der Waals surface area contributed by atoms with E-state index >= 15 is 0 Å². The fourth-order valence-corrected chi connectivity index (χ4v) is 3.21. The normalized spacial score (nSPS) is 17.3. The Kier molecular flexibility index (Phi) is 5.28. The third-order valence-corrected chi connectivity index (χ3v) is 4.57. The molecule has 3 rings (SSSR count). The second-order valence-corrected chi connectivity index (χ2v) is 6.56. The van der Waals surface area contributed by atoms with E-state index in [-0.39, 0.29) is 17.4 Å². The molecule has 6 heteroatoms. The second kappa shape index (κ2) is 7.61. The Bertz CT molecular complexity index is 795. The quantitative estimate of drug-likeness (QED) is 0.921. The van der Waals surface area contributed by atoms with Crippen molar-refractivity contribution in [2.75, 3.05) is 20.1 Å². The maximum absolute atomic E-state index is 12.7. The van der Waals surface area contributed by atoms with Gasteiger partial charge in [-0.25, -0.2) is 4.79 Å². The highest BCUT2D eigenvalue weighted by Gasteiger charge is 2.24. The number of hydrogen-bond acceptors (Lipinski definition) is 5. The van der Waals surface area contributed by atoms with E-state index in [9.17, 15) is 9.59 Å². The number of rotatable bonds is 4. The average Bonchev–Trinajstić information content (AvgIpc) is 2.62. The molecule has 1 atom stereocenters. The van der Waals surface area contributed by atoms with E-state index in [1.54, 1.807) is 26.4 Å². The summed E-state index contributed by atoms with van der Waals surface area (Å²) in [5.41, 5.74) is 1.13. The molecule has 1 fully saturated rings. The Labute approximate surface area is 146 Å². The molecule has 0 saturated carbocycles. The van der Waals surface area contributed by atoms with Gasteiger partial charge < -0.3 is 14.6 Å². The molecule has 0 radical (unpaired) electrons. The molecule has 6 nitrogen and oxygen atoms in total. The fourth-order valence-electron chi connectivity index (χ4n) is 3.21. The van der Waals surface area contributed by atoms with Crippen LogP contribution >= 0.6 is 0 Å². The summed E-state index contributed by atoms with van der Waals surface area (Å²) in [5, 5.41) is 3.31. The first-order valence-electron chi connectivity index (χ1n) is 8.56. The predicted molar refractivity (Wildman–Crippen MR) is 94.6 cm³/mol. The van der Waals surface area contributed by atoms with Crippen LogP contribution in [0.15, 0.2) is 39.8 Å². The molecule has 1 aliphatic rings. The lowest BCUT2D eigenvalue weighted by molar-refractivity contribution is 0.0779. The van der Waals surface area contributed by atoms with Crippen LogP contribution < -0.4 is 10.9 Å². The van der Waals surface area contributed by atoms with Gasteiger partial charge in [0.15, 0.2) is 0 Å². The first kappa shape index (κ1) is 17.4. The van der Waals surface area contributed by atoms with Gasteiger partial charge in [0.1, 0.15) is 11.3 Å². The van der Waals surface area contributed by atoms with Crippen LogP contribution in [-0.2, 0) is 6.54 Å². The molecule has 1 aliphatic heterocycles. The van der Waals surface area contributed by atoms with Crippen LogP contribution in [0.4, 0.5) is 0 Å². The van der Waals surface area contributed by atoms with E-state index in [1.165, 1.54) is 4.90 Å². The van der Waals surface area contributed by atoms with Gasteiger partial charge in [-0.05, 0) is 49.6 Å². The van der Waals surface area contributed by atoms with Crippen molar-refractivity contribution in [1.29, 1.82) is 0 Å². The Morgan fingerprint density at radius 3 is 2.96 bits per heavy atom. The zero-order chi connectivity index (χ0) is 17.8. The van der Waals surface area contributed by atoms with Crippen molar-refractivity contribution in [3.8, 4) is 0 Å². The number of amides is 1. The number of aryl methyl sites for hydroxylation is 1. The summed E-state index contributed by atoms with van der Waals surface area (Å²) in [5.74, 6) is 0.530. The van der Waals surface area contributed by atoms with E-state index in [0.717, 1.165) is 31.5 Å². The molecule has 0 spiro atoms. The number of carbonyl (C=O) groups excluding carboxylic acids is 1. The van der Waals surface area contributed by atoms with Crippen molar-refractivity contribution in [1.82, 2.24) is 15.2 Å². The maximum Gasteiger partial charge on any atom is 0.349 e. The van der Waals surface area contributed by atoms with E-state index in [0.29, 0.717) is 17.9 Å². The zero-order valence-electron chi connectivity index (χ0n) is 14.6. The van der Waals surface area contributed by atoms with Crippen LogP contribution in [-0.4, -0.2) is 35.9 Å². The van der Waals surface area contributed by atoms with Crippen LogP contribution in [0.5, 0.6) is 0 Å². The van der Waals surface area contributed by atoms with Crippen LogP contribution in [0.2, 0.25) is 0 Å². The van der Waals surface area contributed by atoms with Crippen molar-refractivity contribution < 1.29 is 9.21 Å². The number of hydrogen-bond donors (Lipinski definition) is 1. The molecule has 1 N–H and O–H groups in total. The summed E-state index contributed by atoms with van der Waals surface area (Å²) in [6.45, 7) is 3.98. The van der Waals surface area contributed by atoms with E-state index in [4.69, 9.17) is 4.42 Å². The molecule has 1 unspecified atom stereocenters. The third kappa shape index (κ3) is 3.96. The minimum Gasteiger partial charge on any atom is -0.427 e. The van der Waals surface area contributed by atoms with Gasteiger partial charge in [-0.1, -0.05) is 6.07 Å². The Morgan fingerprint density at radius 1 is 1.48 bits per heavy atom. The largest absolute Gasteiger partial charge is 0.427 e. The van der Waals surface area contributed by atoms with Crippen LogP contribution in [0, 0.1) is 6.92 Å². The monoisotopic (exact) mass is 341 g/mol. The van der Waals surface area contributed by atoms with E-state index in [2.05, 4.69) is 10.3 Å². The van der Waals surface area contributed by atoms with E-state index < -0.39 is 5.63 Å². The van der Waals surface area contributed by atoms with Crippen molar-refractivity contribution in [2.24, 2.45) is 0 Å². The first-order valence-corrected chi connectivity index (χ1v) is 8.56. The molecule has 1 amide bonds. The lowest BCUT2D eigenvalue weighted by atomic mass is 9.95. The van der Waals surface area contributed by atoms with Gasteiger partial charge in [-0.3, -0.25) is 9.78 Å². The predicted octanol–water partition coefficient (Wildman–Crippen LogP) is 2.08. The standard InChI is InChI=1S/C19H23N3O3/c1-13-9-16(15-6-4-8-21-11-15)25-19(24)17(13)18(23)22(2)12-14-5-3-7-20-10-14/h3,5,7,9-10,15,21H,4,6,8,11-12H2,1-2H3. The van der Waals surface area contributed by atoms with Gasteiger partial charge in [0.2, 0.25) is 0 Å². The van der Waals surface area contributed by atoms with Gasteiger partial charge in [0.25, 0.3) is 5.91 Å². The summed E-state index contributed by atoms with van der Waals surface area (Å²) in [4.78, 5) is 30.7. The van der Waals surface area contributed by atoms with Gasteiger partial charge in [-0.15, -0.1) is 0 Å². The molecular formula is C19H23N3O3. The number of carbonyl (C=O) groups is 1. The Morgan fingerprint density at radius 2 is 2.32 bits per heavy atom. The van der Waals surface area contributed by atoms with Crippen LogP contribution in [0.3, 0.4) is 0 Å². The van der Waals surface area contributed by atoms with Crippen molar-refractivity contribution in [2.45, 2.75) is 32.2 Å². The number of piperidine rings is 1. The topological polar surface area (TPSA) is 75.4 Å². The molecule has 2 aromatic rings. The van der Waals surface area contributed by atoms with E-state index in [1.807, 2.05) is 18.2 Å². The van der Waals surface area contributed by atoms with Crippen molar-refractivity contribution in [3.63, 3.8) is 0 Å². The Balaban J connectivity index is 1.81. The molecule has 3 heterocycles. The molecule has 2 aromatic heterocycles. The number of pyridine rings is 1. The molecule has 25 heavy (non-hydrogen) atoms. The van der Waals surface area contributed by atoms with Crippen molar-refractivity contribution >= 4 is 5.91 Å². The molecular weight excluding hydrogens is 318 g/mol. The maximum atomic E-state index is 12.7.